The highest BCUT2D eigenvalue weighted by Gasteiger charge is 2.27. The second-order valence-corrected chi connectivity index (χ2v) is 3.67. The van der Waals surface area contributed by atoms with Gasteiger partial charge in [-0.3, -0.25) is 4.84 Å². The van der Waals surface area contributed by atoms with Crippen molar-refractivity contribution in [1.82, 2.24) is 4.90 Å². The molecule has 2 rings (SSSR count). The molecule has 1 aromatic carbocycles. The van der Waals surface area contributed by atoms with Crippen LogP contribution < -0.4 is 10.6 Å². The minimum absolute atomic E-state index is 0.0803. The van der Waals surface area contributed by atoms with Crippen molar-refractivity contribution in [2.75, 3.05) is 13.1 Å². The number of nitrogens with two attached hydrogens (primary N) is 1. The number of amides is 1. The number of rotatable bonds is 2. The fourth-order valence-corrected chi connectivity index (χ4v) is 1.66. The molecule has 16 heavy (non-hydrogen) atoms. The molecule has 0 bridgehead atoms. The molecule has 0 radical (unpaired) electrons. The number of likely N-dealkylation sites (tertiary alicyclic amines) is 1. The molecule has 1 aliphatic rings. The third-order valence-electron chi connectivity index (χ3n) is 2.54. The van der Waals surface area contributed by atoms with E-state index in [0.717, 1.165) is 6.42 Å². The van der Waals surface area contributed by atoms with Gasteiger partial charge in [0, 0.05) is 6.54 Å². The highest BCUT2D eigenvalue weighted by molar-refractivity contribution is 5.71. The maximum Gasteiger partial charge on any atom is 0.415 e. The fraction of sp³-hybridized carbons (Fsp3) is 0.364. The van der Waals surface area contributed by atoms with Gasteiger partial charge in [0.2, 0.25) is 0 Å². The van der Waals surface area contributed by atoms with E-state index in [-0.39, 0.29) is 12.2 Å². The minimum atomic E-state index is -0.356. The zero-order valence-corrected chi connectivity index (χ0v) is 8.83. The molecule has 1 amide bonds. The monoisotopic (exact) mass is 222 g/mol. The summed E-state index contributed by atoms with van der Waals surface area (Å²) in [5.41, 5.74) is 0. The Morgan fingerprint density at radius 1 is 1.38 bits per heavy atom. The summed E-state index contributed by atoms with van der Waals surface area (Å²) in [6.07, 6.45) is 0.314. The highest BCUT2D eigenvalue weighted by atomic mass is 16.6. The minimum Gasteiger partial charge on any atom is -0.410 e. The molecule has 5 nitrogen and oxygen atoms in total. The first-order valence-corrected chi connectivity index (χ1v) is 5.17. The Kier molecular flexibility index (Phi) is 3.38. The maximum atomic E-state index is 11.7. The Morgan fingerprint density at radius 3 is 2.75 bits per heavy atom. The van der Waals surface area contributed by atoms with E-state index < -0.39 is 0 Å². The number of benzene rings is 1. The van der Waals surface area contributed by atoms with E-state index in [0.29, 0.717) is 18.8 Å². The number of ether oxygens (including phenoxy) is 1. The van der Waals surface area contributed by atoms with Gasteiger partial charge in [0.25, 0.3) is 0 Å². The summed E-state index contributed by atoms with van der Waals surface area (Å²) in [5.74, 6) is 5.62. The van der Waals surface area contributed by atoms with Crippen molar-refractivity contribution in [3.63, 3.8) is 0 Å². The first kappa shape index (κ1) is 10.9. The van der Waals surface area contributed by atoms with Gasteiger partial charge in [0.1, 0.15) is 5.75 Å². The van der Waals surface area contributed by atoms with Crippen LogP contribution in [0.3, 0.4) is 0 Å². The summed E-state index contributed by atoms with van der Waals surface area (Å²) in [5, 5.41) is 0. The van der Waals surface area contributed by atoms with Crippen molar-refractivity contribution >= 4 is 6.09 Å². The van der Waals surface area contributed by atoms with Crippen molar-refractivity contribution < 1.29 is 14.4 Å². The van der Waals surface area contributed by atoms with Gasteiger partial charge in [-0.2, -0.15) is 0 Å². The zero-order chi connectivity index (χ0) is 11.4. The molecule has 2 N–H and O–H groups in total. The van der Waals surface area contributed by atoms with Gasteiger partial charge in [-0.05, 0) is 18.6 Å². The van der Waals surface area contributed by atoms with E-state index in [1.54, 1.807) is 17.0 Å². The number of hydrogen-bond acceptors (Lipinski definition) is 4. The van der Waals surface area contributed by atoms with Gasteiger partial charge >= 0.3 is 6.09 Å². The summed E-state index contributed by atoms with van der Waals surface area (Å²) in [7, 11) is 0. The second-order valence-electron chi connectivity index (χ2n) is 3.67. The molecular formula is C11H14N2O3. The van der Waals surface area contributed by atoms with Gasteiger partial charge in [0.15, 0.2) is 0 Å². The van der Waals surface area contributed by atoms with Gasteiger partial charge in [0.05, 0.1) is 12.6 Å². The van der Waals surface area contributed by atoms with Crippen LogP contribution in [0.15, 0.2) is 30.3 Å². The summed E-state index contributed by atoms with van der Waals surface area (Å²) < 4.78 is 5.18. The first-order valence-electron chi connectivity index (χ1n) is 5.17. The van der Waals surface area contributed by atoms with E-state index in [1.807, 2.05) is 18.2 Å². The normalized spacial score (nSPS) is 19.8. The van der Waals surface area contributed by atoms with Crippen LogP contribution in [-0.4, -0.2) is 30.2 Å². The highest BCUT2D eigenvalue weighted by Crippen LogP contribution is 2.15. The van der Waals surface area contributed by atoms with Crippen molar-refractivity contribution in [3.05, 3.63) is 30.3 Å². The molecule has 5 heteroatoms. The van der Waals surface area contributed by atoms with Crippen molar-refractivity contribution in [3.8, 4) is 5.75 Å². The largest absolute Gasteiger partial charge is 0.415 e. The smallest absolute Gasteiger partial charge is 0.410 e. The van der Waals surface area contributed by atoms with Gasteiger partial charge in [-0.1, -0.05) is 18.2 Å². The fourth-order valence-electron chi connectivity index (χ4n) is 1.66. The number of carbonyl (C=O) groups is 1. The van der Waals surface area contributed by atoms with Gasteiger partial charge in [-0.15, -0.1) is 0 Å². The summed E-state index contributed by atoms with van der Waals surface area (Å²) in [6.45, 7) is 1.11. The van der Waals surface area contributed by atoms with Crippen LogP contribution in [-0.2, 0) is 4.84 Å². The summed E-state index contributed by atoms with van der Waals surface area (Å²) >= 11 is 0. The third kappa shape index (κ3) is 2.50. The van der Waals surface area contributed by atoms with Crippen LogP contribution in [0, 0.1) is 0 Å². The van der Waals surface area contributed by atoms with Gasteiger partial charge < -0.3 is 9.64 Å². The standard InChI is InChI=1S/C11H14N2O3/c12-16-10-6-7-13(8-10)11(14)15-9-4-2-1-3-5-9/h1-5,10H,6-8,12H2. The number of para-hydroxylation sites is 1. The zero-order valence-electron chi connectivity index (χ0n) is 8.83. The lowest BCUT2D eigenvalue weighted by Crippen LogP contribution is -2.33. The molecule has 0 spiro atoms. The second kappa shape index (κ2) is 4.96. The third-order valence-corrected chi connectivity index (χ3v) is 2.54. The molecule has 1 heterocycles. The maximum absolute atomic E-state index is 11.7. The molecule has 0 aromatic heterocycles. The average molecular weight is 222 g/mol. The predicted molar refractivity (Wildman–Crippen MR) is 57.7 cm³/mol. The lowest BCUT2D eigenvalue weighted by Gasteiger charge is -2.15. The van der Waals surface area contributed by atoms with Crippen LogP contribution in [0.1, 0.15) is 6.42 Å². The number of hydrogen-bond donors (Lipinski definition) is 1. The van der Waals surface area contributed by atoms with Gasteiger partial charge in [-0.25, -0.2) is 10.7 Å². The Morgan fingerprint density at radius 2 is 2.12 bits per heavy atom. The molecule has 1 fully saturated rings. The molecule has 1 unspecified atom stereocenters. The Balaban J connectivity index is 1.90. The number of carbonyl (C=O) groups excluding carboxylic acids is 1. The molecule has 0 aliphatic carbocycles. The molecule has 86 valence electrons. The topological polar surface area (TPSA) is 64.8 Å². The molecular weight excluding hydrogens is 208 g/mol. The average Bonchev–Trinajstić information content (AvgIpc) is 2.79. The van der Waals surface area contributed by atoms with E-state index in [9.17, 15) is 4.79 Å². The summed E-state index contributed by atoms with van der Waals surface area (Å²) in [6, 6.07) is 8.98. The van der Waals surface area contributed by atoms with Crippen molar-refractivity contribution in [2.45, 2.75) is 12.5 Å². The van der Waals surface area contributed by atoms with Crippen molar-refractivity contribution in [2.24, 2.45) is 5.90 Å². The Hall–Kier alpha value is -1.59. The molecule has 1 saturated heterocycles. The van der Waals surface area contributed by atoms with E-state index in [2.05, 4.69) is 0 Å². The first-order chi connectivity index (χ1) is 7.79. The molecule has 0 saturated carbocycles. The Bertz CT molecular complexity index is 356. The summed E-state index contributed by atoms with van der Waals surface area (Å²) in [4.78, 5) is 18.0. The van der Waals surface area contributed by atoms with Crippen LogP contribution >= 0.6 is 0 Å². The van der Waals surface area contributed by atoms with E-state index in [4.69, 9.17) is 15.5 Å². The van der Waals surface area contributed by atoms with E-state index >= 15 is 0 Å². The quantitative estimate of drug-likeness (QED) is 0.762. The van der Waals surface area contributed by atoms with Crippen molar-refractivity contribution in [1.29, 1.82) is 0 Å². The van der Waals surface area contributed by atoms with E-state index in [1.165, 1.54) is 0 Å². The van der Waals surface area contributed by atoms with Crippen LogP contribution in [0.4, 0.5) is 4.79 Å². The predicted octanol–water partition coefficient (Wildman–Crippen LogP) is 1.15. The molecule has 1 atom stereocenters. The van der Waals surface area contributed by atoms with Crippen LogP contribution in [0.2, 0.25) is 0 Å². The lowest BCUT2D eigenvalue weighted by molar-refractivity contribution is 0.0595. The number of nitrogens with zero attached hydrogens (tertiary/aromatic N) is 1. The lowest BCUT2D eigenvalue weighted by atomic mass is 10.3. The molecule has 1 aromatic rings. The SMILES string of the molecule is NOC1CCN(C(=O)Oc2ccccc2)C1. The Labute approximate surface area is 93.7 Å². The van der Waals surface area contributed by atoms with Crippen LogP contribution in [0.25, 0.3) is 0 Å². The van der Waals surface area contributed by atoms with Crippen LogP contribution in [0.5, 0.6) is 5.75 Å². The molecule has 1 aliphatic heterocycles.